The lowest BCUT2D eigenvalue weighted by atomic mass is 9.70. The highest BCUT2D eigenvalue weighted by Crippen LogP contribution is 2.42. The van der Waals surface area contributed by atoms with Gasteiger partial charge in [0.15, 0.2) is 8.32 Å². The van der Waals surface area contributed by atoms with E-state index in [1.807, 2.05) is 0 Å². The zero-order valence-corrected chi connectivity index (χ0v) is 16.2. The molecule has 0 aromatic carbocycles. The molecule has 0 aromatic rings. The molecule has 1 rings (SSSR count). The number of hydrogen-bond acceptors (Lipinski definition) is 3. The Hall–Kier alpha value is -0.603. The van der Waals surface area contributed by atoms with E-state index in [9.17, 15) is 5.11 Å². The average molecular weight is 325 g/mol. The second-order valence-electron chi connectivity index (χ2n) is 8.64. The van der Waals surface area contributed by atoms with E-state index in [-0.39, 0.29) is 17.1 Å². The fraction of sp³-hybridized carbons (Fsp3) is 0.778. The van der Waals surface area contributed by atoms with Gasteiger partial charge in [0.2, 0.25) is 0 Å². The molecule has 0 amide bonds. The molecule has 1 aliphatic carbocycles. The third-order valence-corrected chi connectivity index (χ3v) is 9.41. The predicted octanol–water partition coefficient (Wildman–Crippen LogP) is 3.48. The van der Waals surface area contributed by atoms with Gasteiger partial charge in [-0.2, -0.15) is 0 Å². The molecule has 22 heavy (non-hydrogen) atoms. The lowest BCUT2D eigenvalue weighted by Crippen LogP contribution is -2.45. The Kier molecular flexibility index (Phi) is 5.73. The molecule has 0 saturated carbocycles. The van der Waals surface area contributed by atoms with Crippen molar-refractivity contribution in [3.05, 3.63) is 11.6 Å². The van der Waals surface area contributed by atoms with Crippen LogP contribution in [0, 0.1) is 17.3 Å². The van der Waals surface area contributed by atoms with E-state index in [1.54, 1.807) is 0 Å². The third kappa shape index (κ3) is 4.69. The number of rotatable bonds is 3. The zero-order valence-electron chi connectivity index (χ0n) is 15.2. The SMILES string of the molecule is CC1(C)CC=C(CO[Si](C)(C)C(C)(C)C)[C@](O)(C#CCO)C1. The Labute approximate surface area is 136 Å². The van der Waals surface area contributed by atoms with Crippen molar-refractivity contribution in [3.63, 3.8) is 0 Å². The summed E-state index contributed by atoms with van der Waals surface area (Å²) in [7, 11) is -1.87. The molecule has 1 atom stereocenters. The molecule has 1 aliphatic rings. The van der Waals surface area contributed by atoms with Crippen LogP contribution in [0.5, 0.6) is 0 Å². The first-order chi connectivity index (χ1) is 9.83. The van der Waals surface area contributed by atoms with Gasteiger partial charge in [0.05, 0.1) is 6.61 Å². The largest absolute Gasteiger partial charge is 0.413 e. The quantitative estimate of drug-likeness (QED) is 0.475. The van der Waals surface area contributed by atoms with Gasteiger partial charge in [0.1, 0.15) is 12.2 Å². The van der Waals surface area contributed by atoms with E-state index < -0.39 is 13.9 Å². The molecule has 0 unspecified atom stereocenters. The van der Waals surface area contributed by atoms with Crippen LogP contribution >= 0.6 is 0 Å². The van der Waals surface area contributed by atoms with Crippen molar-refractivity contribution in [1.82, 2.24) is 0 Å². The van der Waals surface area contributed by atoms with E-state index in [0.29, 0.717) is 13.0 Å². The second-order valence-corrected chi connectivity index (χ2v) is 13.5. The van der Waals surface area contributed by atoms with Gasteiger partial charge in [0, 0.05) is 0 Å². The highest BCUT2D eigenvalue weighted by molar-refractivity contribution is 6.74. The van der Waals surface area contributed by atoms with Gasteiger partial charge in [-0.3, -0.25) is 0 Å². The Balaban J connectivity index is 2.98. The first-order valence-corrected chi connectivity index (χ1v) is 10.9. The van der Waals surface area contributed by atoms with Crippen molar-refractivity contribution >= 4 is 8.32 Å². The van der Waals surface area contributed by atoms with Crippen LogP contribution in [0.4, 0.5) is 0 Å². The first kappa shape index (κ1) is 19.4. The Morgan fingerprint density at radius 3 is 2.41 bits per heavy atom. The molecule has 126 valence electrons. The number of aliphatic hydroxyl groups is 2. The highest BCUT2D eigenvalue weighted by Gasteiger charge is 2.42. The van der Waals surface area contributed by atoms with Gasteiger partial charge < -0.3 is 14.6 Å². The van der Waals surface area contributed by atoms with Crippen molar-refractivity contribution in [2.45, 2.75) is 71.2 Å². The van der Waals surface area contributed by atoms with Crippen molar-refractivity contribution in [3.8, 4) is 11.8 Å². The van der Waals surface area contributed by atoms with Gasteiger partial charge in [-0.15, -0.1) is 0 Å². The molecule has 0 spiro atoms. The molecule has 0 fully saturated rings. The average Bonchev–Trinajstić information content (AvgIpc) is 2.33. The Bertz CT molecular complexity index is 489. The minimum Gasteiger partial charge on any atom is -0.413 e. The summed E-state index contributed by atoms with van der Waals surface area (Å²) < 4.78 is 6.26. The summed E-state index contributed by atoms with van der Waals surface area (Å²) in [5.74, 6) is 5.48. The minimum absolute atomic E-state index is 0.000636. The van der Waals surface area contributed by atoms with Crippen molar-refractivity contribution in [2.24, 2.45) is 5.41 Å². The van der Waals surface area contributed by atoms with Crippen molar-refractivity contribution < 1.29 is 14.6 Å². The zero-order chi connectivity index (χ0) is 17.2. The van der Waals surface area contributed by atoms with Crippen LogP contribution in [0.25, 0.3) is 0 Å². The molecule has 3 nitrogen and oxygen atoms in total. The van der Waals surface area contributed by atoms with Crippen molar-refractivity contribution in [1.29, 1.82) is 0 Å². The van der Waals surface area contributed by atoms with Gasteiger partial charge >= 0.3 is 0 Å². The van der Waals surface area contributed by atoms with Gasteiger partial charge in [-0.1, -0.05) is 52.5 Å². The van der Waals surface area contributed by atoms with E-state index in [0.717, 1.165) is 12.0 Å². The summed E-state index contributed by atoms with van der Waals surface area (Å²) in [6.07, 6.45) is 3.55. The van der Waals surface area contributed by atoms with Crippen LogP contribution in [0.3, 0.4) is 0 Å². The summed E-state index contributed by atoms with van der Waals surface area (Å²) in [6.45, 7) is 15.5. The number of aliphatic hydroxyl groups excluding tert-OH is 1. The van der Waals surface area contributed by atoms with Crippen LogP contribution < -0.4 is 0 Å². The summed E-state index contributed by atoms with van der Waals surface area (Å²) >= 11 is 0. The molecule has 0 aromatic heterocycles. The molecule has 2 N–H and O–H groups in total. The lowest BCUT2D eigenvalue weighted by Gasteiger charge is -2.41. The van der Waals surface area contributed by atoms with E-state index in [4.69, 9.17) is 9.53 Å². The fourth-order valence-electron chi connectivity index (χ4n) is 2.41. The van der Waals surface area contributed by atoms with Crippen molar-refractivity contribution in [2.75, 3.05) is 13.2 Å². The molecule has 0 radical (unpaired) electrons. The molecule has 4 heteroatoms. The lowest BCUT2D eigenvalue weighted by molar-refractivity contribution is 0.0622. The monoisotopic (exact) mass is 324 g/mol. The smallest absolute Gasteiger partial charge is 0.192 e. The third-order valence-electron chi connectivity index (χ3n) is 4.94. The molecule has 0 bridgehead atoms. The topological polar surface area (TPSA) is 49.7 Å². The van der Waals surface area contributed by atoms with Crippen LogP contribution in [0.2, 0.25) is 18.1 Å². The first-order valence-electron chi connectivity index (χ1n) is 8.00. The van der Waals surface area contributed by atoms with E-state index >= 15 is 0 Å². The van der Waals surface area contributed by atoms with Gasteiger partial charge in [-0.05, 0) is 42.0 Å². The molecular weight excluding hydrogens is 292 g/mol. The molecular formula is C18H32O3Si. The van der Waals surface area contributed by atoms with E-state index in [1.165, 1.54) is 0 Å². The summed E-state index contributed by atoms with van der Waals surface area (Å²) in [5.41, 5.74) is -0.343. The van der Waals surface area contributed by atoms with Crippen LogP contribution in [-0.4, -0.2) is 37.3 Å². The summed E-state index contributed by atoms with van der Waals surface area (Å²) in [6, 6.07) is 0. The van der Waals surface area contributed by atoms with Crippen LogP contribution in [-0.2, 0) is 4.43 Å². The maximum atomic E-state index is 11.0. The predicted molar refractivity (Wildman–Crippen MR) is 94.1 cm³/mol. The minimum atomic E-state index is -1.87. The maximum Gasteiger partial charge on any atom is 0.192 e. The number of hydrogen-bond donors (Lipinski definition) is 2. The van der Waals surface area contributed by atoms with Gasteiger partial charge in [-0.25, -0.2) is 0 Å². The fourth-order valence-corrected chi connectivity index (χ4v) is 3.36. The van der Waals surface area contributed by atoms with Crippen LogP contribution in [0.1, 0.15) is 47.5 Å². The highest BCUT2D eigenvalue weighted by atomic mass is 28.4. The molecule has 0 heterocycles. The Morgan fingerprint density at radius 2 is 1.91 bits per heavy atom. The summed E-state index contributed by atoms with van der Waals surface area (Å²) in [5, 5.41) is 20.1. The van der Waals surface area contributed by atoms with Crippen LogP contribution in [0.15, 0.2) is 11.6 Å². The summed E-state index contributed by atoms with van der Waals surface area (Å²) in [4.78, 5) is 0. The molecule has 0 aliphatic heterocycles. The maximum absolute atomic E-state index is 11.0. The van der Waals surface area contributed by atoms with E-state index in [2.05, 4.69) is 65.6 Å². The second kappa shape index (κ2) is 6.49. The molecule has 0 saturated heterocycles. The van der Waals surface area contributed by atoms with Gasteiger partial charge in [0.25, 0.3) is 0 Å². The Morgan fingerprint density at radius 1 is 1.32 bits per heavy atom. The standard InChI is InChI=1S/C18H32O3Si/c1-16(2,3)22(6,7)21-13-15-9-11-17(4,5)14-18(15,20)10-8-12-19/h9,19-20H,11-14H2,1-7H3/t18-/m0/s1. The number of allylic oxidation sites excluding steroid dienone is 1. The normalized spacial score (nSPS) is 25.2.